The maximum atomic E-state index is 13.6. The first-order chi connectivity index (χ1) is 11.2. The molecule has 2 rings (SSSR count). The van der Waals surface area contributed by atoms with Gasteiger partial charge in [-0.15, -0.1) is 0 Å². The number of aliphatic hydroxyl groups excluding tert-OH is 1. The molecule has 0 spiro atoms. The highest BCUT2D eigenvalue weighted by Crippen LogP contribution is 2.38. The van der Waals surface area contributed by atoms with Crippen molar-refractivity contribution in [2.24, 2.45) is 0 Å². The Hall–Kier alpha value is -2.93. The first-order valence-electron chi connectivity index (χ1n) is 6.46. The average Bonchev–Trinajstić information content (AvgIpc) is 2.74. The summed E-state index contributed by atoms with van der Waals surface area (Å²) in [4.78, 5) is 24.2. The molecule has 10 heteroatoms. The van der Waals surface area contributed by atoms with E-state index in [0.29, 0.717) is 23.1 Å². The molecule has 0 aliphatic carbocycles. The van der Waals surface area contributed by atoms with Crippen molar-refractivity contribution in [2.45, 2.75) is 6.18 Å². The second-order valence-electron chi connectivity index (χ2n) is 4.66. The standard InChI is InChI=1S/C14H9F4N3O3/c15-9-2-1-8(14(16,17)18)12(7(9)6-19)20-10-5-11(23)21(3-4-22)13(10)24/h1-2,5,20,22H,3-4H2. The molecule has 0 saturated heterocycles. The van der Waals surface area contributed by atoms with E-state index in [-0.39, 0.29) is 6.54 Å². The molecule has 0 bridgehead atoms. The van der Waals surface area contributed by atoms with Gasteiger partial charge < -0.3 is 10.4 Å². The summed E-state index contributed by atoms with van der Waals surface area (Å²) in [5.41, 5.74) is -3.81. The molecule has 0 atom stereocenters. The van der Waals surface area contributed by atoms with Crippen molar-refractivity contribution in [3.05, 3.63) is 40.8 Å². The third-order valence-corrected chi connectivity index (χ3v) is 3.16. The van der Waals surface area contributed by atoms with Crippen molar-refractivity contribution >= 4 is 17.5 Å². The van der Waals surface area contributed by atoms with Gasteiger partial charge in [0.2, 0.25) is 0 Å². The lowest BCUT2D eigenvalue weighted by atomic mass is 10.1. The lowest BCUT2D eigenvalue weighted by Gasteiger charge is -2.17. The van der Waals surface area contributed by atoms with E-state index in [4.69, 9.17) is 10.4 Å². The zero-order chi connectivity index (χ0) is 18.1. The van der Waals surface area contributed by atoms with E-state index in [9.17, 15) is 27.2 Å². The summed E-state index contributed by atoms with van der Waals surface area (Å²) in [6, 6.07) is 2.21. The molecular formula is C14H9F4N3O3. The molecule has 24 heavy (non-hydrogen) atoms. The third kappa shape index (κ3) is 3.07. The van der Waals surface area contributed by atoms with Crippen LogP contribution in [0.5, 0.6) is 0 Å². The predicted octanol–water partition coefficient (Wildman–Crippen LogP) is 1.37. The molecule has 126 valence electrons. The number of hydrogen-bond donors (Lipinski definition) is 2. The van der Waals surface area contributed by atoms with Crippen molar-refractivity contribution < 1.29 is 32.3 Å². The van der Waals surface area contributed by atoms with Crippen LogP contribution in [0.4, 0.5) is 23.2 Å². The van der Waals surface area contributed by atoms with Crippen LogP contribution in [0.2, 0.25) is 0 Å². The third-order valence-electron chi connectivity index (χ3n) is 3.16. The normalized spacial score (nSPS) is 14.7. The van der Waals surface area contributed by atoms with Crippen LogP contribution in [0.3, 0.4) is 0 Å². The Morgan fingerprint density at radius 2 is 1.96 bits per heavy atom. The minimum atomic E-state index is -4.92. The minimum absolute atomic E-state index is 0.347. The number of β-amino-alcohol motifs (C(OH)–C–C–N with tert-alkyl or cyclic N) is 1. The summed E-state index contributed by atoms with van der Waals surface area (Å²) in [6.45, 7) is -0.879. The highest BCUT2D eigenvalue weighted by atomic mass is 19.4. The number of nitrogens with zero attached hydrogens (tertiary/aromatic N) is 2. The fourth-order valence-corrected chi connectivity index (χ4v) is 2.10. The number of halogens is 4. The van der Waals surface area contributed by atoms with Gasteiger partial charge in [-0.3, -0.25) is 14.5 Å². The number of alkyl halides is 3. The van der Waals surface area contributed by atoms with E-state index in [1.165, 1.54) is 6.07 Å². The van der Waals surface area contributed by atoms with Crippen molar-refractivity contribution in [1.29, 1.82) is 5.26 Å². The Labute approximate surface area is 132 Å². The molecule has 0 aromatic heterocycles. The van der Waals surface area contributed by atoms with Gasteiger partial charge >= 0.3 is 6.18 Å². The number of rotatable bonds is 4. The molecule has 0 fully saturated rings. The topological polar surface area (TPSA) is 93.4 Å². The Kier molecular flexibility index (Phi) is 4.57. The predicted molar refractivity (Wildman–Crippen MR) is 71.6 cm³/mol. The fourth-order valence-electron chi connectivity index (χ4n) is 2.10. The zero-order valence-corrected chi connectivity index (χ0v) is 11.8. The summed E-state index contributed by atoms with van der Waals surface area (Å²) < 4.78 is 52.8. The van der Waals surface area contributed by atoms with E-state index < -0.39 is 52.9 Å². The van der Waals surface area contributed by atoms with E-state index >= 15 is 0 Å². The second kappa shape index (κ2) is 6.29. The van der Waals surface area contributed by atoms with E-state index in [1.54, 1.807) is 0 Å². The van der Waals surface area contributed by atoms with Gasteiger partial charge in [0.25, 0.3) is 11.8 Å². The number of amides is 2. The van der Waals surface area contributed by atoms with Crippen molar-refractivity contribution in [1.82, 2.24) is 4.90 Å². The van der Waals surface area contributed by atoms with Gasteiger partial charge in [0.05, 0.1) is 24.4 Å². The van der Waals surface area contributed by atoms with Crippen LogP contribution in [0.25, 0.3) is 0 Å². The quantitative estimate of drug-likeness (QED) is 0.636. The molecule has 1 aromatic rings. The first kappa shape index (κ1) is 17.4. The van der Waals surface area contributed by atoms with Crippen molar-refractivity contribution in [2.75, 3.05) is 18.5 Å². The van der Waals surface area contributed by atoms with Gasteiger partial charge in [-0.1, -0.05) is 0 Å². The largest absolute Gasteiger partial charge is 0.418 e. The molecule has 0 saturated carbocycles. The molecule has 0 radical (unpaired) electrons. The van der Waals surface area contributed by atoms with Crippen LogP contribution in [0, 0.1) is 17.1 Å². The number of carbonyl (C=O) groups is 2. The maximum absolute atomic E-state index is 13.6. The van der Waals surface area contributed by atoms with Gasteiger partial charge in [-0.05, 0) is 12.1 Å². The van der Waals surface area contributed by atoms with Crippen LogP contribution in [0.1, 0.15) is 11.1 Å². The number of hydrogen-bond acceptors (Lipinski definition) is 5. The van der Waals surface area contributed by atoms with Crippen molar-refractivity contribution in [3.63, 3.8) is 0 Å². The van der Waals surface area contributed by atoms with E-state index in [1.807, 2.05) is 5.32 Å². The molecule has 1 aliphatic heterocycles. The Balaban J connectivity index is 2.49. The van der Waals surface area contributed by atoms with Gasteiger partial charge in [-0.2, -0.15) is 18.4 Å². The summed E-state index contributed by atoms with van der Waals surface area (Å²) in [6.07, 6.45) is -4.21. The first-order valence-corrected chi connectivity index (χ1v) is 6.46. The summed E-state index contributed by atoms with van der Waals surface area (Å²) in [7, 11) is 0. The Morgan fingerprint density at radius 1 is 1.29 bits per heavy atom. The molecule has 0 unspecified atom stereocenters. The second-order valence-corrected chi connectivity index (χ2v) is 4.66. The maximum Gasteiger partial charge on any atom is 0.418 e. The Morgan fingerprint density at radius 3 is 2.50 bits per heavy atom. The lowest BCUT2D eigenvalue weighted by molar-refractivity contribution is -0.138. The summed E-state index contributed by atoms with van der Waals surface area (Å²) in [5, 5.41) is 19.7. The summed E-state index contributed by atoms with van der Waals surface area (Å²) >= 11 is 0. The van der Waals surface area contributed by atoms with Crippen LogP contribution >= 0.6 is 0 Å². The fraction of sp³-hybridized carbons (Fsp3) is 0.214. The number of benzene rings is 1. The van der Waals surface area contributed by atoms with Gasteiger partial charge in [0, 0.05) is 6.08 Å². The molecule has 1 heterocycles. The van der Waals surface area contributed by atoms with Crippen LogP contribution < -0.4 is 5.32 Å². The van der Waals surface area contributed by atoms with E-state index in [0.717, 1.165) is 0 Å². The van der Waals surface area contributed by atoms with Crippen molar-refractivity contribution in [3.8, 4) is 6.07 Å². The van der Waals surface area contributed by atoms with Crippen LogP contribution in [-0.4, -0.2) is 35.0 Å². The monoisotopic (exact) mass is 343 g/mol. The minimum Gasteiger partial charge on any atom is -0.395 e. The number of carbonyl (C=O) groups excluding carboxylic acids is 2. The van der Waals surface area contributed by atoms with Gasteiger partial charge in [0.1, 0.15) is 23.1 Å². The Bertz CT molecular complexity index is 781. The van der Waals surface area contributed by atoms with Crippen LogP contribution in [-0.2, 0) is 15.8 Å². The molecule has 2 N–H and O–H groups in total. The summed E-state index contributed by atoms with van der Waals surface area (Å²) in [5.74, 6) is -3.05. The van der Waals surface area contributed by atoms with Crippen LogP contribution in [0.15, 0.2) is 23.9 Å². The number of nitriles is 1. The van der Waals surface area contributed by atoms with E-state index in [2.05, 4.69) is 0 Å². The number of nitrogens with one attached hydrogen (secondary N) is 1. The number of anilines is 1. The highest BCUT2D eigenvalue weighted by Gasteiger charge is 2.38. The molecule has 1 aromatic carbocycles. The molecular weight excluding hydrogens is 334 g/mol. The number of imide groups is 1. The number of aliphatic hydroxyl groups is 1. The van der Waals surface area contributed by atoms with Gasteiger partial charge in [-0.25, -0.2) is 4.39 Å². The lowest BCUT2D eigenvalue weighted by Crippen LogP contribution is -2.34. The highest BCUT2D eigenvalue weighted by molar-refractivity contribution is 6.17. The SMILES string of the molecule is N#Cc1c(F)ccc(C(F)(F)F)c1NC1=CC(=O)N(CCO)C1=O. The molecule has 1 aliphatic rings. The smallest absolute Gasteiger partial charge is 0.395 e. The average molecular weight is 343 g/mol. The molecule has 2 amide bonds. The zero-order valence-electron chi connectivity index (χ0n) is 11.8. The van der Waals surface area contributed by atoms with Gasteiger partial charge in [0.15, 0.2) is 0 Å². The molecule has 6 nitrogen and oxygen atoms in total.